The predicted octanol–water partition coefficient (Wildman–Crippen LogP) is 13.2. The third kappa shape index (κ3) is 5.06. The lowest BCUT2D eigenvalue weighted by atomic mass is 10.0. The van der Waals surface area contributed by atoms with Crippen LogP contribution in [0.5, 0.6) is 0 Å². The molecule has 0 saturated heterocycles. The molecule has 0 atom stereocenters. The summed E-state index contributed by atoms with van der Waals surface area (Å²) in [5.41, 5.74) is 10.5. The summed E-state index contributed by atoms with van der Waals surface area (Å²) < 4.78 is 12.8. The van der Waals surface area contributed by atoms with Gasteiger partial charge in [-0.1, -0.05) is 127 Å². The molecule has 0 amide bonds. The van der Waals surface area contributed by atoms with Crippen molar-refractivity contribution in [2.45, 2.75) is 0 Å². The van der Waals surface area contributed by atoms with Crippen LogP contribution in [0.4, 0.5) is 0 Å². The molecule has 0 aliphatic heterocycles. The minimum atomic E-state index is 0.577. The summed E-state index contributed by atoms with van der Waals surface area (Å²) >= 11 is 0. The third-order valence-corrected chi connectivity index (χ3v) is 10.3. The molecule has 0 saturated carbocycles. The Morgan fingerprint density at radius 1 is 0.296 bits per heavy atom. The fourth-order valence-electron chi connectivity index (χ4n) is 7.65. The number of nitrogens with zero attached hydrogens (tertiary/aromatic N) is 3. The smallest absolute Gasteiger partial charge is 0.164 e. The second-order valence-electron chi connectivity index (χ2n) is 13.6. The highest BCUT2D eigenvalue weighted by atomic mass is 16.3. The van der Waals surface area contributed by atoms with Crippen molar-refractivity contribution in [2.24, 2.45) is 0 Å². The van der Waals surface area contributed by atoms with E-state index in [1.54, 1.807) is 0 Å². The van der Waals surface area contributed by atoms with Crippen molar-refractivity contribution in [3.8, 4) is 56.4 Å². The number of rotatable bonds is 5. The van der Waals surface area contributed by atoms with E-state index in [1.165, 1.54) is 0 Å². The highest BCUT2D eigenvalue weighted by molar-refractivity contribution is 6.13. The summed E-state index contributed by atoms with van der Waals surface area (Å²) in [5, 5.41) is 6.36. The van der Waals surface area contributed by atoms with Crippen LogP contribution >= 0.6 is 0 Å². The van der Waals surface area contributed by atoms with Gasteiger partial charge in [0, 0.05) is 38.2 Å². The molecule has 8 aromatic carbocycles. The SMILES string of the molecule is c1ccc(-c2cccc(-c3nc(-c4ccc5cc6c(cc5c4)oc4ccccc46)nc(-c4cccc5oc6cc(-c7ccccc7)ccc6c45)n3)c2)cc1. The highest BCUT2D eigenvalue weighted by Crippen LogP contribution is 2.39. The van der Waals surface area contributed by atoms with Gasteiger partial charge in [-0.25, -0.2) is 15.0 Å². The van der Waals surface area contributed by atoms with Crippen LogP contribution in [0, 0.1) is 0 Å². The average molecular weight is 692 g/mol. The van der Waals surface area contributed by atoms with Crippen LogP contribution in [0.25, 0.3) is 111 Å². The van der Waals surface area contributed by atoms with Crippen molar-refractivity contribution in [3.05, 3.63) is 176 Å². The molecule has 54 heavy (non-hydrogen) atoms. The summed E-state index contributed by atoms with van der Waals surface area (Å²) in [6.07, 6.45) is 0. The summed E-state index contributed by atoms with van der Waals surface area (Å²) in [7, 11) is 0. The van der Waals surface area contributed by atoms with E-state index in [0.717, 1.165) is 93.6 Å². The Hall–Kier alpha value is -7.37. The van der Waals surface area contributed by atoms with E-state index in [1.807, 2.05) is 42.5 Å². The molecule has 0 aliphatic rings. The lowest BCUT2D eigenvalue weighted by Crippen LogP contribution is -2.00. The van der Waals surface area contributed by atoms with Crippen LogP contribution in [0.1, 0.15) is 0 Å². The van der Waals surface area contributed by atoms with Gasteiger partial charge in [0.15, 0.2) is 17.5 Å². The zero-order valence-electron chi connectivity index (χ0n) is 28.9. The van der Waals surface area contributed by atoms with Crippen molar-refractivity contribution in [2.75, 3.05) is 0 Å². The van der Waals surface area contributed by atoms with Gasteiger partial charge in [-0.3, -0.25) is 0 Å². The summed E-state index contributed by atoms with van der Waals surface area (Å²) in [6.45, 7) is 0. The Morgan fingerprint density at radius 3 is 1.70 bits per heavy atom. The molecule has 5 nitrogen and oxygen atoms in total. The molecule has 252 valence electrons. The van der Waals surface area contributed by atoms with E-state index in [4.69, 9.17) is 23.8 Å². The van der Waals surface area contributed by atoms with Gasteiger partial charge < -0.3 is 8.83 Å². The lowest BCUT2D eigenvalue weighted by molar-refractivity contribution is 0.669. The van der Waals surface area contributed by atoms with Gasteiger partial charge in [0.05, 0.1) is 0 Å². The fourth-order valence-corrected chi connectivity index (χ4v) is 7.65. The molecule has 0 spiro atoms. The molecule has 0 radical (unpaired) electrons. The van der Waals surface area contributed by atoms with Gasteiger partial charge in [-0.15, -0.1) is 0 Å². The maximum absolute atomic E-state index is 6.50. The molecular formula is C49H29N3O2. The lowest BCUT2D eigenvalue weighted by Gasteiger charge is -2.11. The molecule has 0 aliphatic carbocycles. The third-order valence-electron chi connectivity index (χ3n) is 10.3. The van der Waals surface area contributed by atoms with Crippen LogP contribution in [0.2, 0.25) is 0 Å². The minimum Gasteiger partial charge on any atom is -0.456 e. The fraction of sp³-hybridized carbons (Fsp3) is 0. The quantitative estimate of drug-likeness (QED) is 0.180. The number of fused-ring (bicyclic) bond motifs is 7. The molecule has 0 fully saturated rings. The average Bonchev–Trinajstić information content (AvgIpc) is 3.80. The van der Waals surface area contributed by atoms with Gasteiger partial charge in [-0.2, -0.15) is 0 Å². The predicted molar refractivity (Wildman–Crippen MR) is 219 cm³/mol. The van der Waals surface area contributed by atoms with Crippen LogP contribution < -0.4 is 0 Å². The van der Waals surface area contributed by atoms with Gasteiger partial charge in [0.2, 0.25) is 0 Å². The normalized spacial score (nSPS) is 11.7. The van der Waals surface area contributed by atoms with Crippen molar-refractivity contribution >= 4 is 54.6 Å². The van der Waals surface area contributed by atoms with E-state index >= 15 is 0 Å². The van der Waals surface area contributed by atoms with Crippen LogP contribution in [0.3, 0.4) is 0 Å². The first kappa shape index (κ1) is 30.3. The summed E-state index contributed by atoms with van der Waals surface area (Å²) in [4.78, 5) is 15.5. The molecule has 0 unspecified atom stereocenters. The Labute approximate surface area is 309 Å². The van der Waals surface area contributed by atoms with Crippen molar-refractivity contribution in [1.29, 1.82) is 0 Å². The van der Waals surface area contributed by atoms with Crippen molar-refractivity contribution < 1.29 is 8.83 Å². The van der Waals surface area contributed by atoms with Gasteiger partial charge in [-0.05, 0) is 81.6 Å². The second kappa shape index (κ2) is 12.1. The molecule has 11 aromatic rings. The van der Waals surface area contributed by atoms with E-state index < -0.39 is 0 Å². The molecule has 3 aromatic heterocycles. The maximum Gasteiger partial charge on any atom is 0.164 e. The Balaban J connectivity index is 1.11. The number of aromatic nitrogens is 3. The van der Waals surface area contributed by atoms with Crippen molar-refractivity contribution in [3.63, 3.8) is 0 Å². The monoisotopic (exact) mass is 691 g/mol. The number of furan rings is 2. The van der Waals surface area contributed by atoms with Gasteiger partial charge >= 0.3 is 0 Å². The largest absolute Gasteiger partial charge is 0.456 e. The zero-order chi connectivity index (χ0) is 35.6. The molecule has 0 bridgehead atoms. The molecule has 11 rings (SSSR count). The van der Waals surface area contributed by atoms with Crippen molar-refractivity contribution in [1.82, 2.24) is 15.0 Å². The van der Waals surface area contributed by atoms with E-state index in [9.17, 15) is 0 Å². The number of para-hydroxylation sites is 1. The topological polar surface area (TPSA) is 65.0 Å². The Kier molecular flexibility index (Phi) is 6.79. The minimum absolute atomic E-state index is 0.577. The zero-order valence-corrected chi connectivity index (χ0v) is 28.9. The first-order valence-electron chi connectivity index (χ1n) is 18.0. The van der Waals surface area contributed by atoms with E-state index in [2.05, 4.69) is 133 Å². The molecule has 3 heterocycles. The van der Waals surface area contributed by atoms with Crippen LogP contribution in [0.15, 0.2) is 185 Å². The Bertz CT molecular complexity index is 3220. The molecular weight excluding hydrogens is 663 g/mol. The standard InChI is InChI=1S/C49H29N3O2/c1-3-11-30(12-4-1)32-15-9-16-35(25-32)47-50-48(36-22-21-33-27-41-38-17-7-8-19-42(38)53-45(41)29-37(33)26-36)52-49(51-47)40-18-10-20-43-46(40)39-24-23-34(28-44(39)54-43)31-13-5-2-6-14-31/h1-29H. The highest BCUT2D eigenvalue weighted by Gasteiger charge is 2.19. The first-order chi connectivity index (χ1) is 26.7. The van der Waals surface area contributed by atoms with Crippen LogP contribution in [-0.4, -0.2) is 15.0 Å². The second-order valence-corrected chi connectivity index (χ2v) is 13.6. The number of hydrogen-bond acceptors (Lipinski definition) is 5. The van der Waals surface area contributed by atoms with E-state index in [-0.39, 0.29) is 0 Å². The molecule has 5 heteroatoms. The number of hydrogen-bond donors (Lipinski definition) is 0. The van der Waals surface area contributed by atoms with Gasteiger partial charge in [0.1, 0.15) is 22.3 Å². The summed E-state index contributed by atoms with van der Waals surface area (Å²) in [5.74, 6) is 1.76. The first-order valence-corrected chi connectivity index (χ1v) is 18.0. The molecule has 0 N–H and O–H groups in total. The maximum atomic E-state index is 6.50. The Morgan fingerprint density at radius 2 is 0.889 bits per heavy atom. The number of benzene rings is 8. The van der Waals surface area contributed by atoms with Crippen LogP contribution in [-0.2, 0) is 0 Å². The van der Waals surface area contributed by atoms with E-state index in [0.29, 0.717) is 17.5 Å². The summed E-state index contributed by atoms with van der Waals surface area (Å²) in [6, 6.07) is 60.5. The van der Waals surface area contributed by atoms with Gasteiger partial charge in [0.25, 0.3) is 0 Å².